The highest BCUT2D eigenvalue weighted by Gasteiger charge is 2.31. The number of hydrogen-bond donors (Lipinski definition) is 1. The van der Waals surface area contributed by atoms with Crippen LogP contribution in [0.5, 0.6) is 0 Å². The number of methoxy groups -OCH3 is 1. The van der Waals surface area contributed by atoms with Crippen molar-refractivity contribution in [1.82, 2.24) is 15.1 Å². The second kappa shape index (κ2) is 10.3. The molecule has 156 valence electrons. The minimum absolute atomic E-state index is 0.0527. The highest BCUT2D eigenvalue weighted by molar-refractivity contribution is 5.78. The van der Waals surface area contributed by atoms with E-state index >= 15 is 0 Å². The average molecular weight is 395 g/mol. The van der Waals surface area contributed by atoms with Crippen LogP contribution in [0.1, 0.15) is 31.2 Å². The summed E-state index contributed by atoms with van der Waals surface area (Å²) in [5.74, 6) is -0.825. The molecule has 3 rings (SSSR count). The predicted molar refractivity (Wildman–Crippen MR) is 104 cm³/mol. The summed E-state index contributed by atoms with van der Waals surface area (Å²) in [5.41, 5.74) is 0.547. The molecule has 7 heteroatoms. The van der Waals surface area contributed by atoms with Crippen molar-refractivity contribution in [2.24, 2.45) is 5.92 Å². The molecule has 5 nitrogen and oxygen atoms in total. The number of carbonyl (C=O) groups excluding carboxylic acids is 1. The van der Waals surface area contributed by atoms with Crippen LogP contribution in [0.2, 0.25) is 0 Å². The Kier molecular flexibility index (Phi) is 7.76. The third kappa shape index (κ3) is 5.72. The van der Waals surface area contributed by atoms with Gasteiger partial charge in [-0.15, -0.1) is 0 Å². The number of nitrogens with zero attached hydrogens (tertiary/aromatic N) is 2. The van der Waals surface area contributed by atoms with E-state index in [9.17, 15) is 13.6 Å². The quantitative estimate of drug-likeness (QED) is 0.720. The molecule has 0 radical (unpaired) electrons. The van der Waals surface area contributed by atoms with Gasteiger partial charge in [0.05, 0.1) is 12.5 Å². The number of ether oxygens (including phenoxy) is 1. The number of amides is 1. The highest BCUT2D eigenvalue weighted by Crippen LogP contribution is 2.25. The van der Waals surface area contributed by atoms with Crippen molar-refractivity contribution in [3.8, 4) is 0 Å². The molecule has 1 atom stereocenters. The van der Waals surface area contributed by atoms with Crippen molar-refractivity contribution in [1.29, 1.82) is 0 Å². The molecule has 1 N–H and O–H groups in total. The van der Waals surface area contributed by atoms with Gasteiger partial charge in [0.2, 0.25) is 5.91 Å². The van der Waals surface area contributed by atoms with E-state index in [0.717, 1.165) is 57.9 Å². The summed E-state index contributed by atoms with van der Waals surface area (Å²) in [4.78, 5) is 17.0. The number of nitrogens with one attached hydrogen (secondary N) is 1. The first kappa shape index (κ1) is 21.1. The van der Waals surface area contributed by atoms with Gasteiger partial charge < -0.3 is 10.1 Å². The SMILES string of the molecule is COCCNC(=O)[C@H]1CCCN(C2CCN(Cc3ccc(F)cc3F)CC2)C1. The van der Waals surface area contributed by atoms with Crippen LogP contribution in [0.4, 0.5) is 8.78 Å². The first-order valence-electron chi connectivity index (χ1n) is 10.2. The Morgan fingerprint density at radius 1 is 1.21 bits per heavy atom. The normalized spacial score (nSPS) is 22.3. The smallest absolute Gasteiger partial charge is 0.224 e. The molecule has 2 fully saturated rings. The highest BCUT2D eigenvalue weighted by atomic mass is 19.1. The van der Waals surface area contributed by atoms with E-state index in [-0.39, 0.29) is 11.8 Å². The third-order valence-corrected chi connectivity index (χ3v) is 5.91. The predicted octanol–water partition coefficient (Wildman–Crippen LogP) is 2.40. The van der Waals surface area contributed by atoms with Crippen LogP contribution in [-0.4, -0.2) is 68.2 Å². The van der Waals surface area contributed by atoms with Gasteiger partial charge in [-0.25, -0.2) is 8.78 Å². The number of benzene rings is 1. The maximum atomic E-state index is 13.9. The molecule has 2 aliphatic rings. The van der Waals surface area contributed by atoms with Gasteiger partial charge in [0.25, 0.3) is 0 Å². The molecule has 2 aliphatic heterocycles. The molecule has 0 spiro atoms. The fourth-order valence-electron chi connectivity index (χ4n) is 4.31. The summed E-state index contributed by atoms with van der Waals surface area (Å²) in [6.45, 7) is 5.25. The largest absolute Gasteiger partial charge is 0.383 e. The second-order valence-electron chi connectivity index (χ2n) is 7.86. The van der Waals surface area contributed by atoms with Crippen molar-refractivity contribution < 1.29 is 18.3 Å². The number of piperidine rings is 2. The van der Waals surface area contributed by atoms with Gasteiger partial charge in [0, 0.05) is 44.4 Å². The lowest BCUT2D eigenvalue weighted by molar-refractivity contribution is -0.127. The number of carbonyl (C=O) groups is 1. The fraction of sp³-hybridized carbons (Fsp3) is 0.667. The number of halogens is 2. The lowest BCUT2D eigenvalue weighted by Crippen LogP contribution is -2.50. The molecule has 1 aromatic carbocycles. The van der Waals surface area contributed by atoms with Gasteiger partial charge in [0.15, 0.2) is 0 Å². The Morgan fingerprint density at radius 3 is 2.71 bits per heavy atom. The summed E-state index contributed by atoms with van der Waals surface area (Å²) >= 11 is 0. The zero-order chi connectivity index (χ0) is 19.9. The van der Waals surface area contributed by atoms with Gasteiger partial charge in [-0.2, -0.15) is 0 Å². The number of likely N-dealkylation sites (tertiary alicyclic amines) is 2. The molecule has 0 saturated carbocycles. The van der Waals surface area contributed by atoms with E-state index < -0.39 is 11.6 Å². The zero-order valence-electron chi connectivity index (χ0n) is 16.6. The molecule has 0 aromatic heterocycles. The van der Waals surface area contributed by atoms with E-state index in [1.165, 1.54) is 12.1 Å². The Balaban J connectivity index is 1.45. The van der Waals surface area contributed by atoms with Crippen LogP contribution in [0.15, 0.2) is 18.2 Å². The van der Waals surface area contributed by atoms with Gasteiger partial charge in [0.1, 0.15) is 11.6 Å². The van der Waals surface area contributed by atoms with Crippen LogP contribution >= 0.6 is 0 Å². The Morgan fingerprint density at radius 2 is 2.00 bits per heavy atom. The van der Waals surface area contributed by atoms with Crippen molar-refractivity contribution in [2.45, 2.75) is 38.3 Å². The Hall–Kier alpha value is -1.57. The van der Waals surface area contributed by atoms with Gasteiger partial charge in [-0.05, 0) is 51.4 Å². The minimum Gasteiger partial charge on any atom is -0.383 e. The summed E-state index contributed by atoms with van der Waals surface area (Å²) < 4.78 is 31.9. The average Bonchev–Trinajstić information content (AvgIpc) is 2.71. The summed E-state index contributed by atoms with van der Waals surface area (Å²) in [7, 11) is 1.63. The summed E-state index contributed by atoms with van der Waals surface area (Å²) in [6.07, 6.45) is 4.02. The molecular formula is C21H31F2N3O2. The van der Waals surface area contributed by atoms with Crippen LogP contribution in [0, 0.1) is 17.6 Å². The molecule has 1 amide bonds. The summed E-state index contributed by atoms with van der Waals surface area (Å²) in [5, 5.41) is 2.96. The van der Waals surface area contributed by atoms with Crippen molar-refractivity contribution >= 4 is 5.91 Å². The number of hydrogen-bond acceptors (Lipinski definition) is 4. The maximum Gasteiger partial charge on any atom is 0.224 e. The first-order chi connectivity index (χ1) is 13.6. The van der Waals surface area contributed by atoms with E-state index in [1.807, 2.05) is 0 Å². The molecule has 2 heterocycles. The van der Waals surface area contributed by atoms with E-state index in [2.05, 4.69) is 15.1 Å². The van der Waals surface area contributed by atoms with Crippen molar-refractivity contribution in [3.05, 3.63) is 35.4 Å². The van der Waals surface area contributed by atoms with E-state index in [1.54, 1.807) is 7.11 Å². The summed E-state index contributed by atoms with van der Waals surface area (Å²) in [6, 6.07) is 4.28. The Bertz CT molecular complexity index is 651. The van der Waals surface area contributed by atoms with Gasteiger partial charge >= 0.3 is 0 Å². The number of rotatable bonds is 7. The molecular weight excluding hydrogens is 364 g/mol. The third-order valence-electron chi connectivity index (χ3n) is 5.91. The first-order valence-corrected chi connectivity index (χ1v) is 10.2. The monoisotopic (exact) mass is 395 g/mol. The standard InChI is InChI=1S/C21H31F2N3O2/c1-28-12-8-24-21(27)17-3-2-9-26(15-17)19-6-10-25(11-7-19)14-16-4-5-18(22)13-20(16)23/h4-5,13,17,19H,2-3,6-12,14-15H2,1H3,(H,24,27)/t17-/m0/s1. The Labute approximate surface area is 166 Å². The van der Waals surface area contributed by atoms with Gasteiger partial charge in [-0.3, -0.25) is 14.6 Å². The van der Waals surface area contributed by atoms with Crippen LogP contribution in [-0.2, 0) is 16.1 Å². The maximum absolute atomic E-state index is 13.9. The lowest BCUT2D eigenvalue weighted by Gasteiger charge is -2.42. The van der Waals surface area contributed by atoms with Gasteiger partial charge in [-0.1, -0.05) is 6.07 Å². The molecule has 2 saturated heterocycles. The second-order valence-corrected chi connectivity index (χ2v) is 7.86. The molecule has 1 aromatic rings. The topological polar surface area (TPSA) is 44.8 Å². The van der Waals surface area contributed by atoms with E-state index in [4.69, 9.17) is 4.74 Å². The van der Waals surface area contributed by atoms with Crippen LogP contribution in [0.25, 0.3) is 0 Å². The molecule has 0 aliphatic carbocycles. The lowest BCUT2D eigenvalue weighted by atomic mass is 9.93. The zero-order valence-corrected chi connectivity index (χ0v) is 16.6. The molecule has 0 bridgehead atoms. The van der Waals surface area contributed by atoms with Crippen LogP contribution in [0.3, 0.4) is 0 Å². The van der Waals surface area contributed by atoms with Crippen molar-refractivity contribution in [3.63, 3.8) is 0 Å². The van der Waals surface area contributed by atoms with Crippen LogP contribution < -0.4 is 5.32 Å². The fourth-order valence-corrected chi connectivity index (χ4v) is 4.31. The molecule has 28 heavy (non-hydrogen) atoms. The van der Waals surface area contributed by atoms with Crippen molar-refractivity contribution in [2.75, 3.05) is 46.4 Å². The minimum atomic E-state index is -0.536. The van der Waals surface area contributed by atoms with E-state index in [0.29, 0.717) is 31.3 Å². The molecule has 0 unspecified atom stereocenters.